The van der Waals surface area contributed by atoms with Crippen molar-refractivity contribution in [1.29, 1.82) is 0 Å². The Labute approximate surface area is 172 Å². The van der Waals surface area contributed by atoms with Crippen molar-refractivity contribution in [2.75, 3.05) is 6.61 Å². The molecule has 0 unspecified atom stereocenters. The van der Waals surface area contributed by atoms with E-state index in [4.69, 9.17) is 9.84 Å². The zero-order valence-electron chi connectivity index (χ0n) is 15.9. The highest BCUT2D eigenvalue weighted by Crippen LogP contribution is 2.44. The topological polar surface area (TPSA) is 88.5 Å². The molecule has 7 heteroatoms. The van der Waals surface area contributed by atoms with E-state index in [1.165, 1.54) is 12.3 Å². The van der Waals surface area contributed by atoms with Crippen molar-refractivity contribution in [3.8, 4) is 11.1 Å². The van der Waals surface area contributed by atoms with Crippen molar-refractivity contribution in [3.63, 3.8) is 0 Å². The zero-order valence-corrected chi connectivity index (χ0v) is 15.9. The molecular formula is C23H19FN2O4. The first kappa shape index (κ1) is 19.6. The molecule has 30 heavy (non-hydrogen) atoms. The third kappa shape index (κ3) is 3.87. The summed E-state index contributed by atoms with van der Waals surface area (Å²) in [6.07, 6.45) is 1.03. The third-order valence-electron chi connectivity index (χ3n) is 5.19. The second kappa shape index (κ2) is 8.32. The van der Waals surface area contributed by atoms with Gasteiger partial charge in [-0.2, -0.15) is 0 Å². The molecule has 1 aliphatic rings. The van der Waals surface area contributed by atoms with Crippen LogP contribution in [0.1, 0.15) is 35.1 Å². The number of aliphatic carboxylic acids is 1. The predicted molar refractivity (Wildman–Crippen MR) is 107 cm³/mol. The molecule has 1 aliphatic carbocycles. The molecule has 0 aliphatic heterocycles. The molecule has 1 aromatic heterocycles. The van der Waals surface area contributed by atoms with E-state index < -0.39 is 30.3 Å². The Bertz CT molecular complexity index is 1060. The van der Waals surface area contributed by atoms with Crippen LogP contribution in [0.4, 0.5) is 9.18 Å². The number of rotatable bonds is 6. The van der Waals surface area contributed by atoms with Gasteiger partial charge in [0.1, 0.15) is 12.4 Å². The number of halogens is 1. The fourth-order valence-electron chi connectivity index (χ4n) is 3.86. The van der Waals surface area contributed by atoms with E-state index in [0.717, 1.165) is 28.5 Å². The third-order valence-corrected chi connectivity index (χ3v) is 5.19. The van der Waals surface area contributed by atoms with E-state index in [-0.39, 0.29) is 18.1 Å². The van der Waals surface area contributed by atoms with Gasteiger partial charge in [-0.05, 0) is 28.3 Å². The molecule has 1 amide bonds. The maximum Gasteiger partial charge on any atom is 0.407 e. The van der Waals surface area contributed by atoms with Crippen LogP contribution in [-0.4, -0.2) is 28.8 Å². The molecule has 0 spiro atoms. The fraction of sp³-hybridized carbons (Fsp3) is 0.174. The number of carboxylic acid groups (broad SMARTS) is 1. The number of carbonyl (C=O) groups excluding carboxylic acids is 1. The number of carboxylic acids is 1. The predicted octanol–water partition coefficient (Wildman–Crippen LogP) is 4.28. The van der Waals surface area contributed by atoms with Crippen molar-refractivity contribution in [1.82, 2.24) is 10.3 Å². The molecule has 1 atom stereocenters. The summed E-state index contributed by atoms with van der Waals surface area (Å²) in [5.41, 5.74) is 4.37. The standard InChI is InChI=1S/C23H19FN2O4/c24-20-12-25-10-9-18(20)21(11-22(27)28)26-23(29)30-13-19-16-7-3-1-5-14(16)15-6-2-4-8-17(15)19/h1-10,12,19,21H,11,13H2,(H,26,29)(H,27,28)/t21-/m1/s1. The van der Waals surface area contributed by atoms with Crippen molar-refractivity contribution >= 4 is 12.1 Å². The minimum Gasteiger partial charge on any atom is -0.481 e. The maximum atomic E-state index is 14.1. The van der Waals surface area contributed by atoms with E-state index in [0.29, 0.717) is 0 Å². The Morgan fingerprint density at radius 2 is 1.70 bits per heavy atom. The second-order valence-corrected chi connectivity index (χ2v) is 7.02. The molecule has 6 nitrogen and oxygen atoms in total. The zero-order chi connectivity index (χ0) is 21.1. The number of hydrogen-bond acceptors (Lipinski definition) is 4. The van der Waals surface area contributed by atoms with E-state index in [9.17, 15) is 14.0 Å². The number of alkyl carbamates (subject to hydrolysis) is 1. The molecule has 2 aromatic carbocycles. The van der Waals surface area contributed by atoms with Gasteiger partial charge < -0.3 is 15.2 Å². The molecule has 0 saturated heterocycles. The number of pyridine rings is 1. The van der Waals surface area contributed by atoms with E-state index in [1.807, 2.05) is 48.5 Å². The highest BCUT2D eigenvalue weighted by molar-refractivity contribution is 5.79. The second-order valence-electron chi connectivity index (χ2n) is 7.02. The van der Waals surface area contributed by atoms with Gasteiger partial charge in [0.25, 0.3) is 0 Å². The summed E-state index contributed by atoms with van der Waals surface area (Å²) in [5.74, 6) is -1.99. The lowest BCUT2D eigenvalue weighted by Crippen LogP contribution is -2.32. The lowest BCUT2D eigenvalue weighted by Gasteiger charge is -2.19. The first-order valence-corrected chi connectivity index (χ1v) is 9.47. The van der Waals surface area contributed by atoms with Crippen LogP contribution in [0.3, 0.4) is 0 Å². The van der Waals surface area contributed by atoms with E-state index in [1.54, 1.807) is 0 Å². The van der Waals surface area contributed by atoms with Crippen LogP contribution in [0.5, 0.6) is 0 Å². The van der Waals surface area contributed by atoms with Gasteiger partial charge in [0.2, 0.25) is 0 Å². The lowest BCUT2D eigenvalue weighted by atomic mass is 9.98. The maximum absolute atomic E-state index is 14.1. The Hall–Kier alpha value is -3.74. The van der Waals surface area contributed by atoms with Crippen LogP contribution in [0.25, 0.3) is 11.1 Å². The van der Waals surface area contributed by atoms with Gasteiger partial charge in [0.15, 0.2) is 0 Å². The fourth-order valence-corrected chi connectivity index (χ4v) is 3.86. The van der Waals surface area contributed by atoms with Gasteiger partial charge in [-0.3, -0.25) is 9.78 Å². The molecule has 3 aromatic rings. The number of nitrogens with one attached hydrogen (secondary N) is 1. The first-order valence-electron chi connectivity index (χ1n) is 9.47. The normalized spacial score (nSPS) is 13.2. The summed E-state index contributed by atoms with van der Waals surface area (Å²) in [7, 11) is 0. The molecule has 0 saturated carbocycles. The van der Waals surface area contributed by atoms with Gasteiger partial charge in [0, 0.05) is 17.7 Å². The number of carbonyl (C=O) groups is 2. The number of hydrogen-bond donors (Lipinski definition) is 2. The monoisotopic (exact) mass is 406 g/mol. The number of aromatic nitrogens is 1. The summed E-state index contributed by atoms with van der Waals surface area (Å²) < 4.78 is 19.5. The summed E-state index contributed by atoms with van der Waals surface area (Å²) in [4.78, 5) is 27.3. The van der Waals surface area contributed by atoms with Crippen molar-refractivity contribution in [3.05, 3.63) is 89.5 Å². The average Bonchev–Trinajstić information content (AvgIpc) is 3.06. The molecule has 2 N–H and O–H groups in total. The summed E-state index contributed by atoms with van der Waals surface area (Å²) in [6, 6.07) is 16.1. The number of amides is 1. The average molecular weight is 406 g/mol. The van der Waals surface area contributed by atoms with Gasteiger partial charge >= 0.3 is 12.1 Å². The Kier molecular flexibility index (Phi) is 5.43. The van der Waals surface area contributed by atoms with Crippen LogP contribution >= 0.6 is 0 Å². The number of nitrogens with zero attached hydrogens (tertiary/aromatic N) is 1. The Morgan fingerprint density at radius 1 is 1.07 bits per heavy atom. The van der Waals surface area contributed by atoms with Crippen LogP contribution in [0, 0.1) is 5.82 Å². The Balaban J connectivity index is 1.49. The van der Waals surface area contributed by atoms with Gasteiger partial charge in [-0.15, -0.1) is 0 Å². The van der Waals surface area contributed by atoms with Gasteiger partial charge in [0.05, 0.1) is 18.7 Å². The van der Waals surface area contributed by atoms with Crippen LogP contribution in [0.2, 0.25) is 0 Å². The highest BCUT2D eigenvalue weighted by atomic mass is 19.1. The molecule has 4 rings (SSSR count). The van der Waals surface area contributed by atoms with Gasteiger partial charge in [-0.1, -0.05) is 48.5 Å². The summed E-state index contributed by atoms with van der Waals surface area (Å²) in [6.45, 7) is 0.0818. The largest absolute Gasteiger partial charge is 0.481 e. The molecule has 1 heterocycles. The summed E-state index contributed by atoms with van der Waals surface area (Å²) in [5, 5.41) is 11.6. The molecular weight excluding hydrogens is 387 g/mol. The van der Waals surface area contributed by atoms with E-state index >= 15 is 0 Å². The number of ether oxygens (including phenoxy) is 1. The van der Waals surface area contributed by atoms with Crippen LogP contribution < -0.4 is 5.32 Å². The number of benzene rings is 2. The van der Waals surface area contributed by atoms with Crippen molar-refractivity contribution in [2.24, 2.45) is 0 Å². The molecule has 152 valence electrons. The minimum atomic E-state index is -1.17. The number of fused-ring (bicyclic) bond motifs is 3. The minimum absolute atomic E-state index is 0.0425. The Morgan fingerprint density at radius 3 is 2.30 bits per heavy atom. The molecule has 0 bridgehead atoms. The molecule has 0 fully saturated rings. The summed E-state index contributed by atoms with van der Waals surface area (Å²) >= 11 is 0. The SMILES string of the molecule is O=C(O)C[C@@H](NC(=O)OCC1c2ccccc2-c2ccccc21)c1ccncc1F. The quantitative estimate of drug-likeness (QED) is 0.638. The van der Waals surface area contributed by atoms with Crippen LogP contribution in [0.15, 0.2) is 67.0 Å². The first-order chi connectivity index (χ1) is 14.5. The van der Waals surface area contributed by atoms with Crippen molar-refractivity contribution in [2.45, 2.75) is 18.4 Å². The lowest BCUT2D eigenvalue weighted by molar-refractivity contribution is -0.137. The van der Waals surface area contributed by atoms with E-state index in [2.05, 4.69) is 10.3 Å². The van der Waals surface area contributed by atoms with Crippen LogP contribution in [-0.2, 0) is 9.53 Å². The highest BCUT2D eigenvalue weighted by Gasteiger charge is 2.29. The smallest absolute Gasteiger partial charge is 0.407 e. The van der Waals surface area contributed by atoms with Crippen molar-refractivity contribution < 1.29 is 23.8 Å². The molecule has 0 radical (unpaired) electrons. The van der Waals surface area contributed by atoms with Gasteiger partial charge in [-0.25, -0.2) is 9.18 Å².